The average molecular weight is 495 g/mol. The quantitative estimate of drug-likeness (QED) is 0.281. The third-order valence-corrected chi connectivity index (χ3v) is 8.62. The first kappa shape index (κ1) is 22.1. The number of alkyl halides is 1. The molecule has 36 heavy (non-hydrogen) atoms. The van der Waals surface area contributed by atoms with Crippen molar-refractivity contribution in [2.45, 2.75) is 62.1 Å². The number of aliphatic hydroxyl groups is 2. The molecule has 10 heteroatoms. The highest BCUT2D eigenvalue weighted by Gasteiger charge is 2.68. The van der Waals surface area contributed by atoms with E-state index in [1.165, 1.54) is 12.5 Å². The fraction of sp³-hybridized carbons (Fsp3) is 0.462. The predicted molar refractivity (Wildman–Crippen MR) is 130 cm³/mol. The fourth-order valence-electron chi connectivity index (χ4n) is 6.97. The number of hydrogen-bond acceptors (Lipinski definition) is 6. The summed E-state index contributed by atoms with van der Waals surface area (Å²) in [6.45, 7) is 1.51. The summed E-state index contributed by atoms with van der Waals surface area (Å²) in [6.07, 6.45) is 2.89. The lowest BCUT2D eigenvalue weighted by atomic mass is 9.42. The summed E-state index contributed by atoms with van der Waals surface area (Å²) in [5, 5.41) is 26.5. The molecule has 4 atom stereocenters. The van der Waals surface area contributed by atoms with Crippen LogP contribution in [0.3, 0.4) is 0 Å². The number of nitrogens with zero attached hydrogens (tertiary/aromatic N) is 3. The van der Waals surface area contributed by atoms with Gasteiger partial charge in [0.1, 0.15) is 29.6 Å². The van der Waals surface area contributed by atoms with Crippen LogP contribution in [0.2, 0.25) is 0 Å². The molecule has 4 fully saturated rings. The van der Waals surface area contributed by atoms with Crippen LogP contribution in [0.4, 0.5) is 14.6 Å². The van der Waals surface area contributed by atoms with E-state index < -0.39 is 29.7 Å². The van der Waals surface area contributed by atoms with Gasteiger partial charge >= 0.3 is 0 Å². The number of anilines is 1. The number of H-pyrrole nitrogens is 1. The van der Waals surface area contributed by atoms with Gasteiger partial charge in [0, 0.05) is 36.4 Å². The number of nitrogen functional groups attached to an aromatic ring is 1. The summed E-state index contributed by atoms with van der Waals surface area (Å²) in [5.74, 6) is -0.851. The largest absolute Gasteiger partial charge is 0.390 e. The number of rotatable bonds is 6. The molecule has 2 bridgehead atoms. The van der Waals surface area contributed by atoms with Crippen LogP contribution < -0.4 is 11.1 Å². The first-order chi connectivity index (χ1) is 17.2. The van der Waals surface area contributed by atoms with Gasteiger partial charge in [-0.1, -0.05) is 12.1 Å². The van der Waals surface area contributed by atoms with E-state index in [4.69, 9.17) is 5.73 Å². The SMILES string of the molecule is Nc1ncnc2c1c(F)cn2[C@@H]1C[C@H](c2ccc3cc(CNCC45CC(F)(C4)C5)[nH]c3c2)[C@@H](O)[C@H]1O. The first-order valence-electron chi connectivity index (χ1n) is 12.4. The summed E-state index contributed by atoms with van der Waals surface area (Å²) in [5.41, 5.74) is 8.30. The molecule has 4 aromatic rings. The van der Waals surface area contributed by atoms with E-state index in [1.54, 1.807) is 4.57 Å². The van der Waals surface area contributed by atoms with Gasteiger partial charge < -0.3 is 30.8 Å². The van der Waals surface area contributed by atoms with E-state index in [-0.39, 0.29) is 22.5 Å². The van der Waals surface area contributed by atoms with Gasteiger partial charge in [-0.05, 0) is 54.2 Å². The minimum atomic E-state index is -1.10. The molecule has 8 rings (SSSR count). The van der Waals surface area contributed by atoms with Crippen molar-refractivity contribution in [3.8, 4) is 0 Å². The van der Waals surface area contributed by atoms with E-state index >= 15 is 0 Å². The highest BCUT2D eigenvalue weighted by atomic mass is 19.1. The normalized spacial score (nSPS) is 33.2. The molecule has 4 aliphatic carbocycles. The third-order valence-electron chi connectivity index (χ3n) is 8.62. The number of nitrogens with one attached hydrogen (secondary N) is 2. The highest BCUT2D eigenvalue weighted by molar-refractivity contribution is 5.87. The number of fused-ring (bicyclic) bond motifs is 2. The smallest absolute Gasteiger partial charge is 0.154 e. The highest BCUT2D eigenvalue weighted by Crippen LogP contribution is 2.69. The van der Waals surface area contributed by atoms with Gasteiger partial charge in [0.2, 0.25) is 0 Å². The van der Waals surface area contributed by atoms with Crippen LogP contribution in [0.15, 0.2) is 36.8 Å². The van der Waals surface area contributed by atoms with Crippen LogP contribution in [0.1, 0.15) is 48.9 Å². The molecule has 8 nitrogen and oxygen atoms in total. The molecule has 0 amide bonds. The Balaban J connectivity index is 1.10. The lowest BCUT2D eigenvalue weighted by molar-refractivity contribution is -0.209. The maximum Gasteiger partial charge on any atom is 0.154 e. The molecular formula is C26H28F2N6O2. The Morgan fingerprint density at radius 3 is 2.75 bits per heavy atom. The standard InChI is InChI=1S/C26H28F2N6O2/c27-17-7-34(24-20(17)23(29)31-12-32-24)19-5-16(21(35)22(19)36)13-1-2-14-3-15(33-18(14)4-13)6-30-11-25-8-26(28,9-25)10-25/h1-4,7,12,16,19,21-22,30,33,35-36H,5-6,8-11H2,(H2,29,31,32)/t16-,19-,21-,22+,25?,26?/m1/s1. The van der Waals surface area contributed by atoms with E-state index in [0.29, 0.717) is 37.9 Å². The van der Waals surface area contributed by atoms with Gasteiger partial charge in [-0.2, -0.15) is 0 Å². The van der Waals surface area contributed by atoms with Crippen LogP contribution in [-0.2, 0) is 6.54 Å². The van der Waals surface area contributed by atoms with Crippen molar-refractivity contribution in [2.75, 3.05) is 12.3 Å². The summed E-state index contributed by atoms with van der Waals surface area (Å²) < 4.78 is 29.9. The average Bonchev–Trinajstić information content (AvgIpc) is 3.46. The lowest BCUT2D eigenvalue weighted by Gasteiger charge is -2.66. The Morgan fingerprint density at radius 2 is 1.97 bits per heavy atom. The molecule has 6 N–H and O–H groups in total. The van der Waals surface area contributed by atoms with Crippen LogP contribution >= 0.6 is 0 Å². The third kappa shape index (κ3) is 3.21. The zero-order chi connectivity index (χ0) is 24.8. The molecule has 0 aliphatic heterocycles. The predicted octanol–water partition coefficient (Wildman–Crippen LogP) is 3.07. The number of nitrogens with two attached hydrogens (primary N) is 1. The molecule has 188 valence electrons. The molecule has 0 spiro atoms. The molecule has 3 heterocycles. The molecule has 4 aliphatic rings. The second-order valence-corrected chi connectivity index (χ2v) is 11.2. The molecule has 0 radical (unpaired) electrons. The molecule has 0 saturated heterocycles. The minimum Gasteiger partial charge on any atom is -0.390 e. The first-order valence-corrected chi connectivity index (χ1v) is 12.4. The Labute approximate surface area is 205 Å². The zero-order valence-corrected chi connectivity index (χ0v) is 19.6. The second-order valence-electron chi connectivity index (χ2n) is 11.2. The van der Waals surface area contributed by atoms with Gasteiger partial charge in [0.05, 0.1) is 17.5 Å². The van der Waals surface area contributed by atoms with Crippen LogP contribution in [-0.4, -0.2) is 54.2 Å². The minimum absolute atomic E-state index is 0.0406. The number of aromatic amines is 1. The fourth-order valence-corrected chi connectivity index (χ4v) is 6.97. The molecule has 0 unspecified atom stereocenters. The summed E-state index contributed by atoms with van der Waals surface area (Å²) >= 11 is 0. The van der Waals surface area contributed by atoms with Crippen molar-refractivity contribution >= 4 is 27.8 Å². The van der Waals surface area contributed by atoms with Crippen LogP contribution in [0.5, 0.6) is 0 Å². The summed E-state index contributed by atoms with van der Waals surface area (Å²) in [6, 6.07) is 7.50. The number of benzene rings is 1. The van der Waals surface area contributed by atoms with Crippen molar-refractivity contribution in [3.63, 3.8) is 0 Å². The topological polar surface area (TPSA) is 125 Å². The second kappa shape index (κ2) is 7.47. The number of aromatic nitrogens is 4. The Kier molecular flexibility index (Phi) is 4.59. The Hall–Kier alpha value is -3.08. The van der Waals surface area contributed by atoms with E-state index in [0.717, 1.165) is 28.7 Å². The monoisotopic (exact) mass is 494 g/mol. The number of hydrogen-bond donors (Lipinski definition) is 5. The van der Waals surface area contributed by atoms with Crippen molar-refractivity contribution in [1.29, 1.82) is 0 Å². The van der Waals surface area contributed by atoms with Gasteiger partial charge in [-0.15, -0.1) is 0 Å². The number of aliphatic hydroxyl groups excluding tert-OH is 2. The van der Waals surface area contributed by atoms with Gasteiger partial charge in [0.15, 0.2) is 5.82 Å². The summed E-state index contributed by atoms with van der Waals surface area (Å²) in [7, 11) is 0. The van der Waals surface area contributed by atoms with Gasteiger partial charge in [0.25, 0.3) is 0 Å². The van der Waals surface area contributed by atoms with E-state index in [9.17, 15) is 19.0 Å². The zero-order valence-electron chi connectivity index (χ0n) is 19.6. The molecule has 4 saturated carbocycles. The molecule has 3 aromatic heterocycles. The Morgan fingerprint density at radius 1 is 1.17 bits per heavy atom. The van der Waals surface area contributed by atoms with Crippen molar-refractivity contribution in [2.24, 2.45) is 5.41 Å². The molecule has 1 aromatic carbocycles. The number of halogens is 2. The van der Waals surface area contributed by atoms with Crippen molar-refractivity contribution in [1.82, 2.24) is 24.8 Å². The van der Waals surface area contributed by atoms with Gasteiger partial charge in [-0.3, -0.25) is 0 Å². The van der Waals surface area contributed by atoms with Gasteiger partial charge in [-0.25, -0.2) is 18.7 Å². The maximum absolute atomic E-state index is 14.6. The van der Waals surface area contributed by atoms with Crippen molar-refractivity contribution < 1.29 is 19.0 Å². The lowest BCUT2D eigenvalue weighted by Crippen LogP contribution is -2.67. The molecular weight excluding hydrogens is 466 g/mol. The van der Waals surface area contributed by atoms with Crippen LogP contribution in [0, 0.1) is 11.2 Å². The summed E-state index contributed by atoms with van der Waals surface area (Å²) in [4.78, 5) is 11.5. The van der Waals surface area contributed by atoms with Crippen LogP contribution in [0.25, 0.3) is 21.9 Å². The van der Waals surface area contributed by atoms with E-state index in [1.807, 2.05) is 18.2 Å². The van der Waals surface area contributed by atoms with E-state index in [2.05, 4.69) is 26.3 Å². The maximum atomic E-state index is 14.6. The van der Waals surface area contributed by atoms with Crippen molar-refractivity contribution in [3.05, 3.63) is 53.9 Å². The Bertz CT molecular complexity index is 1480.